The van der Waals surface area contributed by atoms with E-state index in [1.54, 1.807) is 12.1 Å². The molecule has 2 rings (SSSR count). The van der Waals surface area contributed by atoms with E-state index in [0.29, 0.717) is 4.47 Å². The second kappa shape index (κ2) is 5.01. The van der Waals surface area contributed by atoms with Crippen LogP contribution in [0.2, 0.25) is 0 Å². The van der Waals surface area contributed by atoms with Crippen LogP contribution in [0.15, 0.2) is 22.7 Å². The summed E-state index contributed by atoms with van der Waals surface area (Å²) in [5.41, 5.74) is 0.941. The van der Waals surface area contributed by atoms with Crippen molar-refractivity contribution in [2.24, 2.45) is 0 Å². The summed E-state index contributed by atoms with van der Waals surface area (Å²) >= 11 is 3.20. The molecule has 0 spiro atoms. The molecule has 1 aromatic carbocycles. The highest BCUT2D eigenvalue weighted by Crippen LogP contribution is 2.29. The Morgan fingerprint density at radius 1 is 1.59 bits per heavy atom. The first-order valence-corrected chi connectivity index (χ1v) is 6.19. The van der Waals surface area contributed by atoms with Crippen molar-refractivity contribution in [2.75, 3.05) is 11.9 Å². The van der Waals surface area contributed by atoms with Crippen molar-refractivity contribution in [3.8, 4) is 0 Å². The summed E-state index contributed by atoms with van der Waals surface area (Å²) in [7, 11) is 0. The van der Waals surface area contributed by atoms with Crippen LogP contribution in [-0.4, -0.2) is 23.7 Å². The summed E-state index contributed by atoms with van der Waals surface area (Å²) in [6.07, 6.45) is 1.12. The lowest BCUT2D eigenvalue weighted by molar-refractivity contribution is -0.385. The maximum absolute atomic E-state index is 10.7. The quantitative estimate of drug-likeness (QED) is 0.688. The Morgan fingerprint density at radius 3 is 2.88 bits per heavy atom. The smallest absolute Gasteiger partial charge is 0.283 e. The Labute approximate surface area is 107 Å². The maximum Gasteiger partial charge on any atom is 0.283 e. The third-order valence-corrected chi connectivity index (χ3v) is 3.51. The van der Waals surface area contributed by atoms with Gasteiger partial charge in [-0.25, -0.2) is 0 Å². The fraction of sp³-hybridized carbons (Fsp3) is 0.455. The van der Waals surface area contributed by atoms with Gasteiger partial charge in [0.15, 0.2) is 0 Å². The molecule has 0 amide bonds. The van der Waals surface area contributed by atoms with Crippen LogP contribution in [0.1, 0.15) is 13.3 Å². The average Bonchev–Trinajstić information content (AvgIpc) is 2.64. The van der Waals surface area contributed by atoms with Gasteiger partial charge < -0.3 is 10.1 Å². The topological polar surface area (TPSA) is 64.4 Å². The Kier molecular flexibility index (Phi) is 3.63. The zero-order valence-electron chi connectivity index (χ0n) is 9.35. The molecule has 1 saturated heterocycles. The minimum Gasteiger partial charge on any atom is -0.380 e. The summed E-state index contributed by atoms with van der Waals surface area (Å²) < 4.78 is 5.93. The first-order valence-electron chi connectivity index (χ1n) is 5.40. The van der Waals surface area contributed by atoms with Gasteiger partial charge in [-0.3, -0.25) is 10.1 Å². The monoisotopic (exact) mass is 300 g/mol. The van der Waals surface area contributed by atoms with Gasteiger partial charge in [-0.05, 0) is 41.4 Å². The molecule has 0 radical (unpaired) electrons. The molecule has 2 atom stereocenters. The van der Waals surface area contributed by atoms with E-state index in [4.69, 9.17) is 4.74 Å². The van der Waals surface area contributed by atoms with Crippen LogP contribution in [0.5, 0.6) is 0 Å². The molecule has 92 valence electrons. The van der Waals surface area contributed by atoms with Crippen LogP contribution < -0.4 is 5.32 Å². The molecule has 5 nitrogen and oxygen atoms in total. The van der Waals surface area contributed by atoms with Crippen molar-refractivity contribution in [3.63, 3.8) is 0 Å². The van der Waals surface area contributed by atoms with Gasteiger partial charge in [-0.2, -0.15) is 0 Å². The highest BCUT2D eigenvalue weighted by Gasteiger charge is 2.24. The predicted molar refractivity (Wildman–Crippen MR) is 68.2 cm³/mol. The van der Waals surface area contributed by atoms with Crippen molar-refractivity contribution in [1.29, 1.82) is 0 Å². The van der Waals surface area contributed by atoms with Gasteiger partial charge in [-0.1, -0.05) is 0 Å². The first-order chi connectivity index (χ1) is 8.08. The molecule has 0 bridgehead atoms. The van der Waals surface area contributed by atoms with Gasteiger partial charge in [0.2, 0.25) is 0 Å². The van der Waals surface area contributed by atoms with E-state index in [-0.39, 0.29) is 17.8 Å². The SMILES string of the molecule is CC1OCCC1Nc1ccc([N+](=O)[O-])c(Br)c1. The number of nitro benzene ring substituents is 1. The van der Waals surface area contributed by atoms with Gasteiger partial charge >= 0.3 is 0 Å². The normalized spacial score (nSPS) is 23.6. The third kappa shape index (κ3) is 2.76. The fourth-order valence-electron chi connectivity index (χ4n) is 1.88. The van der Waals surface area contributed by atoms with Crippen molar-refractivity contribution in [1.82, 2.24) is 0 Å². The van der Waals surface area contributed by atoms with Crippen LogP contribution in [-0.2, 0) is 4.74 Å². The number of rotatable bonds is 3. The van der Waals surface area contributed by atoms with E-state index in [2.05, 4.69) is 21.2 Å². The Balaban J connectivity index is 2.12. The fourth-order valence-corrected chi connectivity index (χ4v) is 2.40. The first kappa shape index (κ1) is 12.3. The number of hydrogen-bond acceptors (Lipinski definition) is 4. The molecule has 1 aliphatic heterocycles. The highest BCUT2D eigenvalue weighted by molar-refractivity contribution is 9.10. The van der Waals surface area contributed by atoms with Crippen molar-refractivity contribution >= 4 is 27.3 Å². The van der Waals surface area contributed by atoms with Crippen molar-refractivity contribution in [2.45, 2.75) is 25.5 Å². The minimum absolute atomic E-state index is 0.0753. The highest BCUT2D eigenvalue weighted by atomic mass is 79.9. The van der Waals surface area contributed by atoms with Gasteiger partial charge in [0.1, 0.15) is 0 Å². The van der Waals surface area contributed by atoms with Gasteiger partial charge in [0.05, 0.1) is 21.5 Å². The number of nitrogens with zero attached hydrogens (tertiary/aromatic N) is 1. The second-order valence-corrected chi connectivity index (χ2v) is 4.89. The largest absolute Gasteiger partial charge is 0.380 e. The number of nitro groups is 1. The molecular formula is C11H13BrN2O3. The third-order valence-electron chi connectivity index (χ3n) is 2.87. The van der Waals surface area contributed by atoms with Crippen LogP contribution in [0.25, 0.3) is 0 Å². The molecule has 0 saturated carbocycles. The molecule has 0 aliphatic carbocycles. The summed E-state index contributed by atoms with van der Waals surface area (Å²) in [6, 6.07) is 5.20. The molecule has 2 unspecified atom stereocenters. The van der Waals surface area contributed by atoms with Crippen molar-refractivity contribution in [3.05, 3.63) is 32.8 Å². The molecule has 0 aromatic heterocycles. The summed E-state index contributed by atoms with van der Waals surface area (Å²) in [5.74, 6) is 0. The second-order valence-electron chi connectivity index (χ2n) is 4.04. The molecule has 1 aromatic rings. The maximum atomic E-state index is 10.7. The van der Waals surface area contributed by atoms with Gasteiger partial charge in [0.25, 0.3) is 5.69 Å². The van der Waals surface area contributed by atoms with E-state index in [1.165, 1.54) is 6.07 Å². The van der Waals surface area contributed by atoms with Crippen LogP contribution in [0.3, 0.4) is 0 Å². The molecule has 1 aliphatic rings. The van der Waals surface area contributed by atoms with E-state index in [1.807, 2.05) is 6.92 Å². The number of nitrogens with one attached hydrogen (secondary N) is 1. The number of ether oxygens (including phenoxy) is 1. The minimum atomic E-state index is -0.408. The van der Waals surface area contributed by atoms with E-state index in [9.17, 15) is 10.1 Å². The lowest BCUT2D eigenvalue weighted by Gasteiger charge is -2.17. The molecule has 1 fully saturated rings. The van der Waals surface area contributed by atoms with E-state index < -0.39 is 4.92 Å². The summed E-state index contributed by atoms with van der Waals surface area (Å²) in [6.45, 7) is 2.78. The van der Waals surface area contributed by atoms with E-state index >= 15 is 0 Å². The van der Waals surface area contributed by atoms with E-state index in [0.717, 1.165) is 18.7 Å². The molecule has 1 heterocycles. The summed E-state index contributed by atoms with van der Waals surface area (Å²) in [5, 5.41) is 14.0. The molecule has 1 N–H and O–H groups in total. The Morgan fingerprint density at radius 2 is 2.35 bits per heavy atom. The lowest BCUT2D eigenvalue weighted by atomic mass is 10.1. The van der Waals surface area contributed by atoms with Gasteiger partial charge in [-0.15, -0.1) is 0 Å². The molecule has 17 heavy (non-hydrogen) atoms. The average molecular weight is 301 g/mol. The number of benzene rings is 1. The van der Waals surface area contributed by atoms with Gasteiger partial charge in [0, 0.05) is 18.4 Å². The lowest BCUT2D eigenvalue weighted by Crippen LogP contribution is -2.26. The van der Waals surface area contributed by atoms with Crippen LogP contribution >= 0.6 is 15.9 Å². The van der Waals surface area contributed by atoms with Crippen LogP contribution in [0, 0.1) is 10.1 Å². The number of anilines is 1. The summed E-state index contributed by atoms with van der Waals surface area (Å²) in [4.78, 5) is 10.3. The zero-order valence-corrected chi connectivity index (χ0v) is 10.9. The number of hydrogen-bond donors (Lipinski definition) is 1. The Bertz CT molecular complexity index is 439. The predicted octanol–water partition coefficient (Wildman–Crippen LogP) is 2.95. The standard InChI is InChI=1S/C11H13BrN2O3/c1-7-10(4-5-17-7)13-8-2-3-11(14(15)16)9(12)6-8/h2-3,6-7,10,13H,4-5H2,1H3. The van der Waals surface area contributed by atoms with Crippen LogP contribution in [0.4, 0.5) is 11.4 Å². The molecular weight excluding hydrogens is 288 g/mol. The number of halogens is 1. The molecule has 6 heteroatoms. The zero-order chi connectivity index (χ0) is 12.4. The van der Waals surface area contributed by atoms with Crippen molar-refractivity contribution < 1.29 is 9.66 Å². The Hall–Kier alpha value is -1.14.